The average molecular weight is 357 g/mol. The molecule has 0 radical (unpaired) electrons. The molecule has 0 aliphatic carbocycles. The maximum absolute atomic E-state index is 14.1. The molecular formula is C16H15BrF2O2. The van der Waals surface area contributed by atoms with Gasteiger partial charge in [-0.2, -0.15) is 0 Å². The van der Waals surface area contributed by atoms with Crippen LogP contribution in [0.15, 0.2) is 40.9 Å². The van der Waals surface area contributed by atoms with E-state index in [2.05, 4.69) is 15.9 Å². The Balaban J connectivity index is 2.43. The van der Waals surface area contributed by atoms with Gasteiger partial charge in [0.05, 0.1) is 18.3 Å². The van der Waals surface area contributed by atoms with Gasteiger partial charge in [0.25, 0.3) is 0 Å². The first kappa shape index (κ1) is 15.9. The molecule has 21 heavy (non-hydrogen) atoms. The van der Waals surface area contributed by atoms with Gasteiger partial charge in [-0.1, -0.05) is 28.1 Å². The number of hydrogen-bond donors (Lipinski definition) is 1. The van der Waals surface area contributed by atoms with Crippen LogP contribution in [0.5, 0.6) is 5.75 Å². The first-order chi connectivity index (χ1) is 9.85. The van der Waals surface area contributed by atoms with Crippen molar-refractivity contribution in [1.82, 2.24) is 0 Å². The van der Waals surface area contributed by atoms with Crippen LogP contribution >= 0.6 is 15.9 Å². The van der Waals surface area contributed by atoms with Crippen LogP contribution in [-0.4, -0.2) is 12.2 Å². The molecule has 0 aliphatic rings. The summed E-state index contributed by atoms with van der Waals surface area (Å²) in [5.74, 6) is -0.811. The van der Waals surface area contributed by atoms with E-state index in [1.54, 1.807) is 18.2 Å². The topological polar surface area (TPSA) is 29.5 Å². The van der Waals surface area contributed by atoms with Crippen LogP contribution in [0, 0.1) is 11.6 Å². The summed E-state index contributed by atoms with van der Waals surface area (Å²) in [5, 5.41) is 10.6. The van der Waals surface area contributed by atoms with Gasteiger partial charge in [0.2, 0.25) is 0 Å². The molecule has 0 saturated carbocycles. The molecule has 2 nitrogen and oxygen atoms in total. The minimum Gasteiger partial charge on any atom is -0.496 e. The lowest BCUT2D eigenvalue weighted by molar-refractivity contribution is 0.0501. The van der Waals surface area contributed by atoms with Gasteiger partial charge in [-0.3, -0.25) is 0 Å². The molecule has 0 fully saturated rings. The lowest BCUT2D eigenvalue weighted by Crippen LogP contribution is -2.27. The van der Waals surface area contributed by atoms with E-state index in [-0.39, 0.29) is 17.7 Å². The van der Waals surface area contributed by atoms with Crippen molar-refractivity contribution in [2.45, 2.75) is 18.9 Å². The second-order valence-electron chi connectivity index (χ2n) is 5.00. The van der Waals surface area contributed by atoms with E-state index in [4.69, 9.17) is 4.74 Å². The van der Waals surface area contributed by atoms with E-state index in [0.717, 1.165) is 0 Å². The monoisotopic (exact) mass is 356 g/mol. The number of methoxy groups -OCH3 is 1. The fraction of sp³-hybridized carbons (Fsp3) is 0.250. The van der Waals surface area contributed by atoms with Gasteiger partial charge >= 0.3 is 0 Å². The average Bonchev–Trinajstić information content (AvgIpc) is 2.41. The summed E-state index contributed by atoms with van der Waals surface area (Å²) in [6.07, 6.45) is -0.0661. The smallest absolute Gasteiger partial charge is 0.133 e. The Bertz CT molecular complexity index is 657. The van der Waals surface area contributed by atoms with Crippen LogP contribution < -0.4 is 4.74 Å². The molecule has 2 aromatic rings. The Morgan fingerprint density at radius 1 is 1.19 bits per heavy atom. The van der Waals surface area contributed by atoms with E-state index in [1.165, 1.54) is 32.2 Å². The first-order valence-corrected chi connectivity index (χ1v) is 7.14. The highest BCUT2D eigenvalue weighted by Crippen LogP contribution is 2.35. The number of hydrogen-bond acceptors (Lipinski definition) is 2. The minimum atomic E-state index is -1.59. The Hall–Kier alpha value is -1.46. The molecule has 0 aromatic heterocycles. The molecule has 0 aliphatic heterocycles. The molecule has 0 saturated heterocycles. The highest BCUT2D eigenvalue weighted by atomic mass is 79.9. The molecule has 0 heterocycles. The number of aliphatic hydroxyl groups is 1. The Kier molecular flexibility index (Phi) is 4.64. The van der Waals surface area contributed by atoms with Crippen molar-refractivity contribution in [3.8, 4) is 5.75 Å². The van der Waals surface area contributed by atoms with Gasteiger partial charge in [-0.15, -0.1) is 0 Å². The summed E-state index contributed by atoms with van der Waals surface area (Å²) in [5.41, 5.74) is -1.27. The molecule has 0 spiro atoms. The molecule has 2 aromatic carbocycles. The zero-order chi connectivity index (χ0) is 15.6. The van der Waals surface area contributed by atoms with Crippen molar-refractivity contribution >= 4 is 15.9 Å². The lowest BCUT2D eigenvalue weighted by atomic mass is 9.88. The zero-order valence-corrected chi connectivity index (χ0v) is 13.2. The molecule has 1 unspecified atom stereocenters. The maximum Gasteiger partial charge on any atom is 0.133 e. The predicted molar refractivity (Wildman–Crippen MR) is 80.3 cm³/mol. The Morgan fingerprint density at radius 2 is 1.90 bits per heavy atom. The minimum absolute atomic E-state index is 0.0230. The maximum atomic E-state index is 14.1. The van der Waals surface area contributed by atoms with Gasteiger partial charge in [-0.05, 0) is 36.8 Å². The molecule has 0 bridgehead atoms. The molecular weight excluding hydrogens is 342 g/mol. The summed E-state index contributed by atoms with van der Waals surface area (Å²) in [7, 11) is 1.40. The Morgan fingerprint density at radius 3 is 2.52 bits per heavy atom. The summed E-state index contributed by atoms with van der Waals surface area (Å²) < 4.78 is 33.7. The van der Waals surface area contributed by atoms with Crippen LogP contribution in [0.4, 0.5) is 8.78 Å². The van der Waals surface area contributed by atoms with Crippen molar-refractivity contribution in [2.75, 3.05) is 7.11 Å². The lowest BCUT2D eigenvalue weighted by Gasteiger charge is -2.26. The van der Waals surface area contributed by atoms with E-state index >= 15 is 0 Å². The summed E-state index contributed by atoms with van der Waals surface area (Å²) >= 11 is 3.17. The fourth-order valence-corrected chi connectivity index (χ4v) is 2.65. The van der Waals surface area contributed by atoms with E-state index in [1.807, 2.05) is 0 Å². The molecule has 112 valence electrons. The van der Waals surface area contributed by atoms with E-state index < -0.39 is 17.2 Å². The standard InChI is InChI=1S/C16H15BrF2O2/c1-16(20,9-10-6-7-11(17)8-13(10)19)15-12(18)4-3-5-14(15)21-2/h3-8,20H,9H2,1-2H3. The van der Waals surface area contributed by atoms with Crippen LogP contribution in [0.2, 0.25) is 0 Å². The van der Waals surface area contributed by atoms with Gasteiger partial charge in [-0.25, -0.2) is 8.78 Å². The van der Waals surface area contributed by atoms with Gasteiger partial charge in [0, 0.05) is 10.9 Å². The van der Waals surface area contributed by atoms with Crippen LogP contribution in [0.25, 0.3) is 0 Å². The third kappa shape index (κ3) is 3.41. The second-order valence-corrected chi connectivity index (χ2v) is 5.92. The molecule has 5 heteroatoms. The number of benzene rings is 2. The van der Waals surface area contributed by atoms with Crippen LogP contribution in [0.1, 0.15) is 18.1 Å². The third-order valence-electron chi connectivity index (χ3n) is 3.28. The van der Waals surface area contributed by atoms with Crippen LogP contribution in [-0.2, 0) is 12.0 Å². The highest BCUT2D eigenvalue weighted by molar-refractivity contribution is 9.10. The third-order valence-corrected chi connectivity index (χ3v) is 3.78. The summed E-state index contributed by atoms with van der Waals surface area (Å²) in [6, 6.07) is 8.83. The van der Waals surface area contributed by atoms with Gasteiger partial charge < -0.3 is 9.84 Å². The molecule has 0 amide bonds. The van der Waals surface area contributed by atoms with Gasteiger partial charge in [0.1, 0.15) is 17.4 Å². The van der Waals surface area contributed by atoms with Gasteiger partial charge in [0.15, 0.2) is 0 Å². The normalized spacial score (nSPS) is 13.8. The number of halogens is 3. The SMILES string of the molecule is COc1cccc(F)c1C(C)(O)Cc1ccc(Br)cc1F. The summed E-state index contributed by atoms with van der Waals surface area (Å²) in [4.78, 5) is 0. The molecule has 1 atom stereocenters. The fourth-order valence-electron chi connectivity index (χ4n) is 2.32. The van der Waals surface area contributed by atoms with Crippen molar-refractivity contribution in [3.05, 3.63) is 63.6 Å². The van der Waals surface area contributed by atoms with E-state index in [0.29, 0.717) is 10.0 Å². The van der Waals surface area contributed by atoms with Crippen molar-refractivity contribution in [3.63, 3.8) is 0 Å². The highest BCUT2D eigenvalue weighted by Gasteiger charge is 2.31. The quantitative estimate of drug-likeness (QED) is 0.889. The van der Waals surface area contributed by atoms with E-state index in [9.17, 15) is 13.9 Å². The zero-order valence-electron chi connectivity index (χ0n) is 11.7. The van der Waals surface area contributed by atoms with Crippen molar-refractivity contribution in [2.24, 2.45) is 0 Å². The van der Waals surface area contributed by atoms with Crippen LogP contribution in [0.3, 0.4) is 0 Å². The summed E-state index contributed by atoms with van der Waals surface area (Å²) in [6.45, 7) is 1.44. The predicted octanol–water partition coefficient (Wildman–Crippen LogP) is 4.19. The molecule has 2 rings (SSSR count). The first-order valence-electron chi connectivity index (χ1n) is 6.34. The van der Waals surface area contributed by atoms with Crippen molar-refractivity contribution < 1.29 is 18.6 Å². The Labute approximate surface area is 130 Å². The number of rotatable bonds is 4. The number of ether oxygens (including phenoxy) is 1. The van der Waals surface area contributed by atoms with Crippen molar-refractivity contribution in [1.29, 1.82) is 0 Å². The second kappa shape index (κ2) is 6.12. The molecule has 1 N–H and O–H groups in total. The largest absolute Gasteiger partial charge is 0.496 e.